The zero-order chi connectivity index (χ0) is 11.0. The van der Waals surface area contributed by atoms with Crippen molar-refractivity contribution in [3.05, 3.63) is 60.4 Å². The minimum absolute atomic E-state index is 0.725. The van der Waals surface area contributed by atoms with Gasteiger partial charge in [-0.15, -0.1) is 0 Å². The Kier molecular flexibility index (Phi) is 6.21. The maximum absolute atomic E-state index is 5.06. The van der Waals surface area contributed by atoms with Crippen LogP contribution in [0.15, 0.2) is 60.4 Å². The van der Waals surface area contributed by atoms with Crippen LogP contribution < -0.4 is 0 Å². The topological polar surface area (TPSA) is 9.23 Å². The van der Waals surface area contributed by atoms with Gasteiger partial charge in [0.25, 0.3) is 0 Å². The maximum atomic E-state index is 5.06. The van der Waals surface area contributed by atoms with Crippen molar-refractivity contribution < 1.29 is 4.74 Å². The second-order valence-corrected chi connectivity index (χ2v) is 2.86. The van der Waals surface area contributed by atoms with Crippen molar-refractivity contribution in [1.82, 2.24) is 0 Å². The molecule has 0 aromatic rings. The van der Waals surface area contributed by atoms with Crippen molar-refractivity contribution in [2.24, 2.45) is 0 Å². The van der Waals surface area contributed by atoms with E-state index in [9.17, 15) is 0 Å². The van der Waals surface area contributed by atoms with E-state index in [1.165, 1.54) is 0 Å². The van der Waals surface area contributed by atoms with Gasteiger partial charge in [-0.25, -0.2) is 0 Å². The van der Waals surface area contributed by atoms with Crippen molar-refractivity contribution in [3.8, 4) is 0 Å². The van der Waals surface area contributed by atoms with Crippen LogP contribution in [0.5, 0.6) is 0 Å². The first-order chi connectivity index (χ1) is 6.65. The normalized spacial score (nSPS) is 13.1. The minimum atomic E-state index is 0.725. The van der Waals surface area contributed by atoms with Crippen LogP contribution in [0.1, 0.15) is 13.8 Å². The van der Waals surface area contributed by atoms with E-state index in [4.69, 9.17) is 4.74 Å². The fraction of sp³-hybridized carbons (Fsp3) is 0.231. The lowest BCUT2D eigenvalue weighted by atomic mass is 10.1. The lowest BCUT2D eigenvalue weighted by Gasteiger charge is -2.02. The standard InChI is InChI=1S/C13H18O/c1-6-8-9-11(3)12(4)10-13(7-2)14-5/h6-10H,2,4H2,1,3,5H3. The van der Waals surface area contributed by atoms with Gasteiger partial charge in [0.15, 0.2) is 0 Å². The maximum Gasteiger partial charge on any atom is 0.118 e. The van der Waals surface area contributed by atoms with E-state index < -0.39 is 0 Å². The van der Waals surface area contributed by atoms with Gasteiger partial charge in [0, 0.05) is 0 Å². The van der Waals surface area contributed by atoms with E-state index in [1.54, 1.807) is 13.2 Å². The number of methoxy groups -OCH3 is 1. The predicted molar refractivity (Wildman–Crippen MR) is 63.0 cm³/mol. The molecule has 1 nitrogen and oxygen atoms in total. The van der Waals surface area contributed by atoms with Gasteiger partial charge in [0.1, 0.15) is 5.76 Å². The van der Waals surface area contributed by atoms with Crippen LogP contribution >= 0.6 is 0 Å². The van der Waals surface area contributed by atoms with Crippen molar-refractivity contribution in [2.75, 3.05) is 7.11 Å². The van der Waals surface area contributed by atoms with E-state index in [2.05, 4.69) is 13.2 Å². The third kappa shape index (κ3) is 4.51. The highest BCUT2D eigenvalue weighted by atomic mass is 16.5. The summed E-state index contributed by atoms with van der Waals surface area (Å²) < 4.78 is 5.06. The Balaban J connectivity index is 4.63. The van der Waals surface area contributed by atoms with Gasteiger partial charge in [-0.05, 0) is 37.1 Å². The van der Waals surface area contributed by atoms with E-state index in [1.807, 2.05) is 38.2 Å². The molecule has 0 radical (unpaired) electrons. The fourth-order valence-corrected chi connectivity index (χ4v) is 0.834. The van der Waals surface area contributed by atoms with Crippen molar-refractivity contribution in [2.45, 2.75) is 13.8 Å². The molecule has 76 valence electrons. The monoisotopic (exact) mass is 190 g/mol. The van der Waals surface area contributed by atoms with Gasteiger partial charge in [-0.1, -0.05) is 31.4 Å². The average molecular weight is 190 g/mol. The summed E-state index contributed by atoms with van der Waals surface area (Å²) >= 11 is 0. The highest BCUT2D eigenvalue weighted by molar-refractivity contribution is 5.40. The van der Waals surface area contributed by atoms with Crippen LogP contribution in [0, 0.1) is 0 Å². The summed E-state index contributed by atoms with van der Waals surface area (Å²) in [7, 11) is 1.62. The van der Waals surface area contributed by atoms with Gasteiger partial charge in [0.2, 0.25) is 0 Å². The highest BCUT2D eigenvalue weighted by Crippen LogP contribution is 2.11. The van der Waals surface area contributed by atoms with Crippen LogP contribution in [0.2, 0.25) is 0 Å². The molecule has 0 rings (SSSR count). The van der Waals surface area contributed by atoms with Crippen LogP contribution in [0.25, 0.3) is 0 Å². The highest BCUT2D eigenvalue weighted by Gasteiger charge is 1.94. The van der Waals surface area contributed by atoms with Crippen molar-refractivity contribution in [1.29, 1.82) is 0 Å². The van der Waals surface area contributed by atoms with Crippen LogP contribution in [-0.4, -0.2) is 7.11 Å². The summed E-state index contributed by atoms with van der Waals surface area (Å²) in [5.41, 5.74) is 2.04. The molecule has 0 saturated heterocycles. The SMILES string of the molecule is C=CC(=CC(=C)C(C)=CC=CC)OC. The predicted octanol–water partition coefficient (Wildman–Crippen LogP) is 3.78. The summed E-state index contributed by atoms with van der Waals surface area (Å²) in [5, 5.41) is 0. The minimum Gasteiger partial charge on any atom is -0.497 e. The molecule has 0 N–H and O–H groups in total. The summed E-state index contributed by atoms with van der Waals surface area (Å²) in [5.74, 6) is 0.725. The summed E-state index contributed by atoms with van der Waals surface area (Å²) in [6, 6.07) is 0. The second-order valence-electron chi connectivity index (χ2n) is 2.86. The molecule has 0 saturated carbocycles. The number of rotatable bonds is 5. The molecule has 14 heavy (non-hydrogen) atoms. The third-order valence-electron chi connectivity index (χ3n) is 1.80. The third-order valence-corrected chi connectivity index (χ3v) is 1.80. The van der Waals surface area contributed by atoms with E-state index >= 15 is 0 Å². The first-order valence-corrected chi connectivity index (χ1v) is 4.52. The summed E-state index contributed by atoms with van der Waals surface area (Å²) in [6.45, 7) is 11.6. The van der Waals surface area contributed by atoms with Crippen LogP contribution in [-0.2, 0) is 4.74 Å². The molecule has 0 atom stereocenters. The Labute approximate surface area is 86.8 Å². The lowest BCUT2D eigenvalue weighted by Crippen LogP contribution is -1.85. The first-order valence-electron chi connectivity index (χ1n) is 4.52. The smallest absolute Gasteiger partial charge is 0.118 e. The molecule has 0 aromatic carbocycles. The zero-order valence-electron chi connectivity index (χ0n) is 9.21. The molecule has 0 spiro atoms. The van der Waals surface area contributed by atoms with Crippen molar-refractivity contribution in [3.63, 3.8) is 0 Å². The molecule has 0 heterocycles. The molecule has 1 heteroatoms. The number of allylic oxidation sites excluding steroid dienone is 7. The second kappa shape index (κ2) is 6.96. The molecule has 0 bridgehead atoms. The Morgan fingerprint density at radius 2 is 2.00 bits per heavy atom. The van der Waals surface area contributed by atoms with E-state index in [-0.39, 0.29) is 0 Å². The van der Waals surface area contributed by atoms with E-state index in [0.717, 1.165) is 16.9 Å². The summed E-state index contributed by atoms with van der Waals surface area (Å²) in [6.07, 6.45) is 9.49. The Hall–Kier alpha value is -1.50. The molecule has 0 amide bonds. The number of hydrogen-bond donors (Lipinski definition) is 0. The zero-order valence-corrected chi connectivity index (χ0v) is 9.21. The molecular weight excluding hydrogens is 172 g/mol. The van der Waals surface area contributed by atoms with E-state index in [0.29, 0.717) is 0 Å². The molecule has 0 aliphatic carbocycles. The summed E-state index contributed by atoms with van der Waals surface area (Å²) in [4.78, 5) is 0. The number of ether oxygens (including phenoxy) is 1. The first kappa shape index (κ1) is 12.5. The fourth-order valence-electron chi connectivity index (χ4n) is 0.834. The van der Waals surface area contributed by atoms with Gasteiger partial charge in [-0.2, -0.15) is 0 Å². The van der Waals surface area contributed by atoms with Gasteiger partial charge in [-0.3, -0.25) is 0 Å². The van der Waals surface area contributed by atoms with Crippen LogP contribution in [0.4, 0.5) is 0 Å². The molecule has 0 aliphatic heterocycles. The average Bonchev–Trinajstić information content (AvgIpc) is 2.21. The quantitative estimate of drug-likeness (QED) is 0.473. The van der Waals surface area contributed by atoms with Gasteiger partial charge >= 0.3 is 0 Å². The number of hydrogen-bond acceptors (Lipinski definition) is 1. The lowest BCUT2D eigenvalue weighted by molar-refractivity contribution is 0.307. The molecule has 0 unspecified atom stereocenters. The Bertz CT molecular complexity index is 290. The van der Waals surface area contributed by atoms with Crippen molar-refractivity contribution >= 4 is 0 Å². The molecule has 0 aromatic heterocycles. The van der Waals surface area contributed by atoms with Gasteiger partial charge in [0.05, 0.1) is 7.11 Å². The van der Waals surface area contributed by atoms with Crippen LogP contribution in [0.3, 0.4) is 0 Å². The molecular formula is C13H18O. The largest absolute Gasteiger partial charge is 0.497 e. The Morgan fingerprint density at radius 3 is 2.43 bits per heavy atom. The van der Waals surface area contributed by atoms with Gasteiger partial charge < -0.3 is 4.74 Å². The Morgan fingerprint density at radius 1 is 1.36 bits per heavy atom. The molecule has 0 fully saturated rings. The molecule has 0 aliphatic rings.